The third-order valence-electron chi connectivity index (χ3n) is 2.38. The van der Waals surface area contributed by atoms with E-state index in [2.05, 4.69) is 10.3 Å². The summed E-state index contributed by atoms with van der Waals surface area (Å²) in [7, 11) is 0.602. The number of aliphatic imine (C=N–C) groups is 1. The summed E-state index contributed by atoms with van der Waals surface area (Å²) in [4.78, 5) is 4.96. The van der Waals surface area contributed by atoms with Crippen LogP contribution < -0.4 is 11.1 Å². The lowest BCUT2D eigenvalue weighted by molar-refractivity contribution is 0.179. The highest BCUT2D eigenvalue weighted by molar-refractivity contribution is 14.0. The molecule has 2 unspecified atom stereocenters. The van der Waals surface area contributed by atoms with Crippen molar-refractivity contribution < 1.29 is 8.95 Å². The third kappa shape index (κ3) is 7.81. The highest BCUT2D eigenvalue weighted by atomic mass is 127. The number of nitrogens with one attached hydrogen (secondary N) is 1. The number of guanidine groups is 1. The van der Waals surface area contributed by atoms with Crippen molar-refractivity contribution in [1.82, 2.24) is 5.32 Å². The van der Waals surface area contributed by atoms with Crippen LogP contribution in [0.15, 0.2) is 40.2 Å². The molecule has 0 saturated heterocycles. The van der Waals surface area contributed by atoms with Crippen LogP contribution in [-0.4, -0.2) is 42.2 Å². The first-order chi connectivity index (χ1) is 9.13. The average Bonchev–Trinajstić information content (AvgIpc) is 2.39. The monoisotopic (exact) mass is 411 g/mol. The molecule has 3 N–H and O–H groups in total. The second kappa shape index (κ2) is 11.0. The van der Waals surface area contributed by atoms with Crippen molar-refractivity contribution in [2.75, 3.05) is 26.0 Å². The van der Waals surface area contributed by atoms with E-state index in [4.69, 9.17) is 10.5 Å². The molecule has 0 radical (unpaired) electrons. The quantitative estimate of drug-likeness (QED) is 0.404. The van der Waals surface area contributed by atoms with Crippen LogP contribution in [0.5, 0.6) is 0 Å². The van der Waals surface area contributed by atoms with Gasteiger partial charge in [0.25, 0.3) is 0 Å². The molecular weight excluding hydrogens is 389 g/mol. The molecule has 5 nitrogen and oxygen atoms in total. The highest BCUT2D eigenvalue weighted by Crippen LogP contribution is 2.04. The molecule has 0 heterocycles. The molecule has 114 valence electrons. The average molecular weight is 411 g/mol. The van der Waals surface area contributed by atoms with Gasteiger partial charge >= 0.3 is 0 Å². The number of halogens is 1. The first-order valence-corrected chi connectivity index (χ1v) is 7.44. The van der Waals surface area contributed by atoms with Crippen LogP contribution in [0.2, 0.25) is 0 Å². The minimum absolute atomic E-state index is 0. The SMILES string of the molecule is COCC(C)NC(N)=NCCS(=O)c1ccccc1.I. The molecule has 0 aliphatic carbocycles. The first kappa shape index (κ1) is 19.3. The summed E-state index contributed by atoms with van der Waals surface area (Å²) in [5.41, 5.74) is 5.71. The van der Waals surface area contributed by atoms with Gasteiger partial charge < -0.3 is 15.8 Å². The number of benzene rings is 1. The predicted octanol–water partition coefficient (Wildman–Crippen LogP) is 1.35. The van der Waals surface area contributed by atoms with E-state index in [-0.39, 0.29) is 30.0 Å². The summed E-state index contributed by atoms with van der Waals surface area (Å²) in [6, 6.07) is 9.45. The minimum atomic E-state index is -1.03. The topological polar surface area (TPSA) is 76.7 Å². The molecule has 0 saturated carbocycles. The van der Waals surface area contributed by atoms with Crippen molar-refractivity contribution in [3.63, 3.8) is 0 Å². The zero-order valence-corrected chi connectivity index (χ0v) is 14.9. The van der Waals surface area contributed by atoms with Crippen LogP contribution in [0.1, 0.15) is 6.92 Å². The van der Waals surface area contributed by atoms with Crippen molar-refractivity contribution in [2.24, 2.45) is 10.7 Å². The van der Waals surface area contributed by atoms with Crippen molar-refractivity contribution in [3.05, 3.63) is 30.3 Å². The molecule has 2 atom stereocenters. The number of methoxy groups -OCH3 is 1. The number of nitrogens with two attached hydrogens (primary N) is 1. The fourth-order valence-corrected chi connectivity index (χ4v) is 2.48. The highest BCUT2D eigenvalue weighted by Gasteiger charge is 2.03. The number of hydrogen-bond donors (Lipinski definition) is 2. The second-order valence-electron chi connectivity index (χ2n) is 4.13. The molecule has 0 fully saturated rings. The smallest absolute Gasteiger partial charge is 0.188 e. The Morgan fingerprint density at radius 1 is 1.45 bits per heavy atom. The summed E-state index contributed by atoms with van der Waals surface area (Å²) in [5, 5.41) is 3.00. The van der Waals surface area contributed by atoms with E-state index in [0.717, 1.165) is 4.90 Å². The Bertz CT molecular complexity index is 429. The number of nitrogens with zero attached hydrogens (tertiary/aromatic N) is 1. The predicted molar refractivity (Wildman–Crippen MR) is 94.1 cm³/mol. The zero-order valence-electron chi connectivity index (χ0n) is 11.7. The Hall–Kier alpha value is -0.670. The summed E-state index contributed by atoms with van der Waals surface area (Å²) < 4.78 is 16.9. The fraction of sp³-hybridized carbons (Fsp3) is 0.462. The van der Waals surface area contributed by atoms with Gasteiger partial charge in [0.2, 0.25) is 0 Å². The van der Waals surface area contributed by atoms with Crippen molar-refractivity contribution in [3.8, 4) is 0 Å². The molecule has 1 aromatic rings. The molecule has 0 bridgehead atoms. The van der Waals surface area contributed by atoms with Crippen LogP contribution in [0.4, 0.5) is 0 Å². The third-order valence-corrected chi connectivity index (χ3v) is 3.73. The van der Waals surface area contributed by atoms with Crippen LogP contribution in [-0.2, 0) is 15.5 Å². The summed E-state index contributed by atoms with van der Waals surface area (Å²) in [5.74, 6) is 0.819. The van der Waals surface area contributed by atoms with Gasteiger partial charge in [-0.25, -0.2) is 0 Å². The second-order valence-corrected chi connectivity index (χ2v) is 5.70. The van der Waals surface area contributed by atoms with Crippen LogP contribution in [0.3, 0.4) is 0 Å². The van der Waals surface area contributed by atoms with Crippen molar-refractivity contribution in [1.29, 1.82) is 0 Å². The van der Waals surface area contributed by atoms with E-state index in [1.165, 1.54) is 0 Å². The van der Waals surface area contributed by atoms with Crippen molar-refractivity contribution in [2.45, 2.75) is 17.9 Å². The largest absolute Gasteiger partial charge is 0.383 e. The van der Waals surface area contributed by atoms with Crippen LogP contribution >= 0.6 is 24.0 Å². The number of ether oxygens (including phenoxy) is 1. The molecule has 0 aliphatic heterocycles. The van der Waals surface area contributed by atoms with Crippen LogP contribution in [0.25, 0.3) is 0 Å². The van der Waals surface area contributed by atoms with E-state index in [1.807, 2.05) is 37.3 Å². The van der Waals surface area contributed by atoms with E-state index in [0.29, 0.717) is 24.9 Å². The number of hydrogen-bond acceptors (Lipinski definition) is 3. The molecule has 0 amide bonds. The molecule has 1 aromatic carbocycles. The van der Waals surface area contributed by atoms with E-state index < -0.39 is 10.8 Å². The molecular formula is C13H22IN3O2S. The van der Waals surface area contributed by atoms with Gasteiger partial charge in [-0.1, -0.05) is 18.2 Å². The Morgan fingerprint density at radius 3 is 2.70 bits per heavy atom. The summed E-state index contributed by atoms with van der Waals surface area (Å²) >= 11 is 0. The van der Waals surface area contributed by atoms with E-state index in [1.54, 1.807) is 7.11 Å². The van der Waals surface area contributed by atoms with Crippen LogP contribution in [0, 0.1) is 0 Å². The first-order valence-electron chi connectivity index (χ1n) is 6.12. The lowest BCUT2D eigenvalue weighted by Gasteiger charge is -2.12. The van der Waals surface area contributed by atoms with Gasteiger partial charge in [0.05, 0.1) is 24.0 Å². The van der Waals surface area contributed by atoms with Gasteiger partial charge in [0.15, 0.2) is 5.96 Å². The molecule has 0 spiro atoms. The van der Waals surface area contributed by atoms with Gasteiger partial charge in [-0.05, 0) is 19.1 Å². The summed E-state index contributed by atoms with van der Waals surface area (Å²) in [6.07, 6.45) is 0. The van der Waals surface area contributed by atoms with E-state index in [9.17, 15) is 4.21 Å². The minimum Gasteiger partial charge on any atom is -0.383 e. The fourth-order valence-electron chi connectivity index (χ4n) is 1.53. The molecule has 7 heteroatoms. The maximum Gasteiger partial charge on any atom is 0.188 e. The normalized spacial score (nSPS) is 14.2. The van der Waals surface area contributed by atoms with Gasteiger partial charge in [0, 0.05) is 23.8 Å². The lowest BCUT2D eigenvalue weighted by atomic mass is 10.4. The molecule has 0 aromatic heterocycles. The van der Waals surface area contributed by atoms with Crippen molar-refractivity contribution >= 4 is 40.7 Å². The van der Waals surface area contributed by atoms with Gasteiger partial charge in [-0.3, -0.25) is 9.20 Å². The summed E-state index contributed by atoms with van der Waals surface area (Å²) in [6.45, 7) is 2.94. The van der Waals surface area contributed by atoms with E-state index >= 15 is 0 Å². The molecule has 0 aliphatic rings. The Labute approximate surface area is 139 Å². The lowest BCUT2D eigenvalue weighted by Crippen LogP contribution is -2.40. The molecule has 1 rings (SSSR count). The molecule has 20 heavy (non-hydrogen) atoms. The van der Waals surface area contributed by atoms with Gasteiger partial charge in [-0.15, -0.1) is 24.0 Å². The zero-order chi connectivity index (χ0) is 14.1. The Morgan fingerprint density at radius 2 is 2.10 bits per heavy atom. The maximum absolute atomic E-state index is 11.9. The maximum atomic E-state index is 11.9. The van der Waals surface area contributed by atoms with Gasteiger partial charge in [-0.2, -0.15) is 0 Å². The standard InChI is InChI=1S/C13H21N3O2S.HI/c1-11(10-18-2)16-13(14)15-8-9-19(17)12-6-4-3-5-7-12;/h3-7,11H,8-10H2,1-2H3,(H3,14,15,16);1H. The van der Waals surface area contributed by atoms with Gasteiger partial charge in [0.1, 0.15) is 0 Å². The Kier molecular flexibility index (Phi) is 10.7. The number of rotatable bonds is 7. The Balaban J connectivity index is 0.00000361.